The van der Waals surface area contributed by atoms with E-state index in [1.165, 1.54) is 6.07 Å². The molecule has 4 nitrogen and oxygen atoms in total. The van der Waals surface area contributed by atoms with E-state index in [0.717, 1.165) is 12.1 Å². The quantitative estimate of drug-likeness (QED) is 0.886. The standard InChI is InChI=1S/C16H21F3N2O2/c1-14(2,3)23-13(22)21-12-5-4-10(17)6-11(12)15(9-20)7-16(18,19)8-15/h4-6H,7-9,20H2,1-3H3,(H,21,22). The summed E-state index contributed by atoms with van der Waals surface area (Å²) in [6.07, 6.45) is -1.67. The van der Waals surface area contributed by atoms with Crippen molar-refractivity contribution in [2.24, 2.45) is 5.73 Å². The lowest BCUT2D eigenvalue weighted by Gasteiger charge is -2.47. The van der Waals surface area contributed by atoms with Crippen molar-refractivity contribution in [1.29, 1.82) is 0 Å². The number of halogens is 3. The number of anilines is 1. The lowest BCUT2D eigenvalue weighted by Crippen LogP contribution is -2.54. The van der Waals surface area contributed by atoms with Gasteiger partial charge in [0.05, 0.1) is 0 Å². The van der Waals surface area contributed by atoms with Gasteiger partial charge in [-0.1, -0.05) is 0 Å². The van der Waals surface area contributed by atoms with Gasteiger partial charge in [0.1, 0.15) is 11.4 Å². The number of rotatable bonds is 3. The molecule has 1 aromatic carbocycles. The number of amides is 1. The predicted octanol–water partition coefficient (Wildman–Crippen LogP) is 3.80. The number of nitrogens with one attached hydrogen (secondary N) is 1. The summed E-state index contributed by atoms with van der Waals surface area (Å²) < 4.78 is 45.5. The number of carbonyl (C=O) groups excluding carboxylic acids is 1. The van der Waals surface area contributed by atoms with Gasteiger partial charge < -0.3 is 10.5 Å². The Morgan fingerprint density at radius 1 is 1.35 bits per heavy atom. The molecule has 1 aliphatic carbocycles. The Bertz CT molecular complexity index is 604. The van der Waals surface area contributed by atoms with Crippen LogP contribution in [-0.2, 0) is 10.2 Å². The van der Waals surface area contributed by atoms with Gasteiger partial charge in [-0.25, -0.2) is 18.0 Å². The Morgan fingerprint density at radius 3 is 2.43 bits per heavy atom. The van der Waals surface area contributed by atoms with Crippen molar-refractivity contribution in [3.63, 3.8) is 0 Å². The molecule has 0 saturated heterocycles. The minimum atomic E-state index is -2.82. The fourth-order valence-electron chi connectivity index (χ4n) is 2.86. The summed E-state index contributed by atoms with van der Waals surface area (Å²) in [4.78, 5) is 11.9. The first kappa shape index (κ1) is 17.6. The van der Waals surface area contributed by atoms with Gasteiger partial charge in [-0.2, -0.15) is 0 Å². The van der Waals surface area contributed by atoms with E-state index in [0.29, 0.717) is 0 Å². The third kappa shape index (κ3) is 3.96. The lowest BCUT2D eigenvalue weighted by molar-refractivity contribution is -0.123. The number of carbonyl (C=O) groups is 1. The first-order valence-electron chi connectivity index (χ1n) is 7.34. The summed E-state index contributed by atoms with van der Waals surface area (Å²) in [6, 6.07) is 3.63. The van der Waals surface area contributed by atoms with E-state index in [4.69, 9.17) is 10.5 Å². The molecular formula is C16H21F3N2O2. The van der Waals surface area contributed by atoms with Gasteiger partial charge in [0.2, 0.25) is 5.92 Å². The van der Waals surface area contributed by atoms with Crippen molar-refractivity contribution in [3.8, 4) is 0 Å². The van der Waals surface area contributed by atoms with Crippen molar-refractivity contribution >= 4 is 11.8 Å². The highest BCUT2D eigenvalue weighted by atomic mass is 19.3. The second kappa shape index (κ2) is 5.70. The average molecular weight is 330 g/mol. The minimum Gasteiger partial charge on any atom is -0.444 e. The number of alkyl halides is 2. The van der Waals surface area contributed by atoms with Crippen LogP contribution in [-0.4, -0.2) is 24.2 Å². The number of ether oxygens (including phenoxy) is 1. The molecule has 0 unspecified atom stereocenters. The van der Waals surface area contributed by atoms with Gasteiger partial charge in [0.15, 0.2) is 0 Å². The average Bonchev–Trinajstić information content (AvgIpc) is 2.35. The lowest BCUT2D eigenvalue weighted by atomic mass is 9.61. The van der Waals surface area contributed by atoms with Crippen LogP contribution in [0.1, 0.15) is 39.2 Å². The molecule has 128 valence electrons. The van der Waals surface area contributed by atoms with Crippen LogP contribution in [0.2, 0.25) is 0 Å². The smallest absolute Gasteiger partial charge is 0.412 e. The van der Waals surface area contributed by atoms with Crippen molar-refractivity contribution < 1.29 is 22.7 Å². The minimum absolute atomic E-state index is 0.0605. The zero-order valence-corrected chi connectivity index (χ0v) is 13.4. The maximum absolute atomic E-state index is 13.6. The van der Waals surface area contributed by atoms with Crippen LogP contribution in [0.4, 0.5) is 23.7 Å². The van der Waals surface area contributed by atoms with E-state index in [2.05, 4.69) is 5.32 Å². The molecule has 0 atom stereocenters. The normalized spacial score (nSPS) is 18.9. The van der Waals surface area contributed by atoms with Crippen molar-refractivity contribution in [3.05, 3.63) is 29.6 Å². The molecule has 0 bridgehead atoms. The second-order valence-corrected chi connectivity index (χ2v) is 7.01. The first-order chi connectivity index (χ1) is 10.5. The number of benzene rings is 1. The number of hydrogen-bond acceptors (Lipinski definition) is 3. The van der Waals surface area contributed by atoms with Crippen molar-refractivity contribution in [2.45, 2.75) is 50.6 Å². The molecule has 3 N–H and O–H groups in total. The van der Waals surface area contributed by atoms with Gasteiger partial charge >= 0.3 is 6.09 Å². The maximum Gasteiger partial charge on any atom is 0.412 e. The fraction of sp³-hybridized carbons (Fsp3) is 0.562. The SMILES string of the molecule is CC(C)(C)OC(=O)Nc1ccc(F)cc1C1(CN)CC(F)(F)C1. The highest BCUT2D eigenvalue weighted by Gasteiger charge is 2.57. The molecule has 1 fully saturated rings. The molecule has 7 heteroatoms. The molecule has 0 radical (unpaired) electrons. The van der Waals surface area contributed by atoms with Crippen LogP contribution in [0.15, 0.2) is 18.2 Å². The topological polar surface area (TPSA) is 64.3 Å². The summed E-state index contributed by atoms with van der Waals surface area (Å²) in [6.45, 7) is 5.04. The summed E-state index contributed by atoms with van der Waals surface area (Å²) in [5.74, 6) is -3.40. The molecule has 0 aliphatic heterocycles. The molecule has 0 aromatic heterocycles. The predicted molar refractivity (Wildman–Crippen MR) is 81.2 cm³/mol. The molecule has 1 amide bonds. The number of hydrogen-bond donors (Lipinski definition) is 2. The van der Waals surface area contributed by atoms with Crippen LogP contribution in [0.3, 0.4) is 0 Å². The summed E-state index contributed by atoms with van der Waals surface area (Å²) in [5, 5.41) is 2.50. The molecule has 23 heavy (non-hydrogen) atoms. The van der Waals surface area contributed by atoms with Gasteiger partial charge in [0.25, 0.3) is 0 Å². The van der Waals surface area contributed by atoms with Crippen LogP contribution in [0.5, 0.6) is 0 Å². The highest BCUT2D eigenvalue weighted by molar-refractivity contribution is 5.86. The molecule has 2 rings (SSSR count). The Labute approximate surface area is 133 Å². The van der Waals surface area contributed by atoms with E-state index in [9.17, 15) is 18.0 Å². The molecule has 1 saturated carbocycles. The van der Waals surface area contributed by atoms with E-state index >= 15 is 0 Å². The zero-order valence-electron chi connectivity index (χ0n) is 13.4. The first-order valence-corrected chi connectivity index (χ1v) is 7.34. The second-order valence-electron chi connectivity index (χ2n) is 7.01. The molecule has 1 aliphatic rings. The van der Waals surface area contributed by atoms with E-state index in [1.54, 1.807) is 20.8 Å². The summed E-state index contributed by atoms with van der Waals surface area (Å²) in [7, 11) is 0. The Balaban J connectivity index is 2.30. The Hall–Kier alpha value is -1.76. The zero-order chi connectivity index (χ0) is 17.5. The van der Waals surface area contributed by atoms with E-state index < -0.39 is 41.7 Å². The molecule has 0 spiro atoms. The van der Waals surface area contributed by atoms with Gasteiger partial charge in [-0.05, 0) is 44.5 Å². The van der Waals surface area contributed by atoms with E-state index in [-0.39, 0.29) is 17.8 Å². The van der Waals surface area contributed by atoms with Crippen LogP contribution < -0.4 is 11.1 Å². The van der Waals surface area contributed by atoms with Crippen molar-refractivity contribution in [1.82, 2.24) is 0 Å². The van der Waals surface area contributed by atoms with Crippen molar-refractivity contribution in [2.75, 3.05) is 11.9 Å². The molecule has 1 aromatic rings. The summed E-state index contributed by atoms with van der Waals surface area (Å²) >= 11 is 0. The van der Waals surface area contributed by atoms with Crippen LogP contribution >= 0.6 is 0 Å². The maximum atomic E-state index is 13.6. The largest absolute Gasteiger partial charge is 0.444 e. The van der Waals surface area contributed by atoms with Gasteiger partial charge in [0, 0.05) is 30.5 Å². The fourth-order valence-corrected chi connectivity index (χ4v) is 2.86. The third-order valence-electron chi connectivity index (χ3n) is 3.77. The Kier molecular flexibility index (Phi) is 4.36. The van der Waals surface area contributed by atoms with E-state index in [1.807, 2.05) is 0 Å². The highest BCUT2D eigenvalue weighted by Crippen LogP contribution is 2.54. The van der Waals surface area contributed by atoms with Crippen LogP contribution in [0.25, 0.3) is 0 Å². The van der Waals surface area contributed by atoms with Crippen LogP contribution in [0, 0.1) is 5.82 Å². The number of nitrogens with two attached hydrogens (primary N) is 1. The monoisotopic (exact) mass is 330 g/mol. The molecule has 0 heterocycles. The Morgan fingerprint density at radius 2 is 1.96 bits per heavy atom. The summed E-state index contributed by atoms with van der Waals surface area (Å²) in [5.41, 5.74) is 4.43. The molecular weight excluding hydrogens is 309 g/mol. The third-order valence-corrected chi connectivity index (χ3v) is 3.77. The van der Waals surface area contributed by atoms with Gasteiger partial charge in [-0.15, -0.1) is 0 Å². The van der Waals surface area contributed by atoms with Gasteiger partial charge in [-0.3, -0.25) is 5.32 Å².